The van der Waals surface area contributed by atoms with Crippen molar-refractivity contribution in [3.63, 3.8) is 0 Å². The third-order valence-corrected chi connectivity index (χ3v) is 4.24. The molecule has 0 aromatic heterocycles. The number of aliphatic imine (C=N–C) groups is 3. The molecule has 0 aliphatic carbocycles. The molecule has 1 rings (SSSR count). The second-order valence-corrected chi connectivity index (χ2v) is 6.84. The van der Waals surface area contributed by atoms with Crippen molar-refractivity contribution in [3.8, 4) is 0 Å². The van der Waals surface area contributed by atoms with E-state index in [1.165, 1.54) is 11.1 Å². The zero-order valence-electron chi connectivity index (χ0n) is 16.0. The SMILES string of the molecule is C=C(/C=C\c1cc(C(N=CC)=NC)ccc1C)N=C(C)SC=C(C)C. The van der Waals surface area contributed by atoms with Crippen LogP contribution in [0.2, 0.25) is 0 Å². The summed E-state index contributed by atoms with van der Waals surface area (Å²) in [6.07, 6.45) is 5.72. The zero-order valence-corrected chi connectivity index (χ0v) is 16.8. The van der Waals surface area contributed by atoms with E-state index in [1.807, 2.05) is 32.1 Å². The van der Waals surface area contributed by atoms with E-state index in [9.17, 15) is 0 Å². The topological polar surface area (TPSA) is 37.1 Å². The summed E-state index contributed by atoms with van der Waals surface area (Å²) in [5, 5.41) is 3.06. The standard InChI is InChI=1S/C21H27N3S/c1-8-23-21(22-7)20-11-9-16(4)19(13-20)12-10-17(5)24-18(6)25-14-15(2)3/h8-14H,5H2,1-4,6-7H3/b12-10-,22-21?,23-8?,24-18?. The predicted molar refractivity (Wildman–Crippen MR) is 116 cm³/mol. The van der Waals surface area contributed by atoms with Gasteiger partial charge in [-0.15, -0.1) is 0 Å². The highest BCUT2D eigenvalue weighted by atomic mass is 32.2. The minimum absolute atomic E-state index is 0.725. The Morgan fingerprint density at radius 1 is 1.20 bits per heavy atom. The maximum Gasteiger partial charge on any atom is 0.153 e. The molecule has 0 heterocycles. The summed E-state index contributed by atoms with van der Waals surface area (Å²) in [6.45, 7) is 14.1. The van der Waals surface area contributed by atoms with Gasteiger partial charge in [0.2, 0.25) is 0 Å². The largest absolute Gasteiger partial charge is 0.270 e. The van der Waals surface area contributed by atoms with Crippen LogP contribution in [0.15, 0.2) is 62.5 Å². The van der Waals surface area contributed by atoms with Crippen LogP contribution in [-0.2, 0) is 0 Å². The second kappa shape index (κ2) is 10.6. The Balaban J connectivity index is 2.98. The first-order valence-electron chi connectivity index (χ1n) is 8.16. The summed E-state index contributed by atoms with van der Waals surface area (Å²) in [7, 11) is 1.75. The number of rotatable bonds is 5. The molecular weight excluding hydrogens is 326 g/mol. The van der Waals surface area contributed by atoms with Crippen LogP contribution in [0.5, 0.6) is 0 Å². The molecule has 25 heavy (non-hydrogen) atoms. The summed E-state index contributed by atoms with van der Waals surface area (Å²) in [5.41, 5.74) is 5.28. The number of thioether (sulfide) groups is 1. The minimum atomic E-state index is 0.725. The van der Waals surface area contributed by atoms with Crippen molar-refractivity contribution >= 4 is 34.9 Å². The van der Waals surface area contributed by atoms with Crippen molar-refractivity contribution in [3.05, 3.63) is 64.2 Å². The van der Waals surface area contributed by atoms with Crippen LogP contribution in [0, 0.1) is 6.92 Å². The van der Waals surface area contributed by atoms with E-state index in [0.29, 0.717) is 0 Å². The first-order valence-corrected chi connectivity index (χ1v) is 9.04. The van der Waals surface area contributed by atoms with Crippen LogP contribution in [0.3, 0.4) is 0 Å². The van der Waals surface area contributed by atoms with Gasteiger partial charge in [-0.25, -0.2) is 9.98 Å². The highest BCUT2D eigenvalue weighted by molar-refractivity contribution is 8.16. The number of benzene rings is 1. The van der Waals surface area contributed by atoms with Crippen molar-refractivity contribution in [2.24, 2.45) is 15.0 Å². The van der Waals surface area contributed by atoms with Crippen LogP contribution in [0.25, 0.3) is 6.08 Å². The molecule has 0 unspecified atom stereocenters. The van der Waals surface area contributed by atoms with Gasteiger partial charge in [-0.3, -0.25) is 4.99 Å². The summed E-state index contributed by atoms with van der Waals surface area (Å²) >= 11 is 1.61. The highest BCUT2D eigenvalue weighted by Gasteiger charge is 2.03. The van der Waals surface area contributed by atoms with E-state index >= 15 is 0 Å². The Morgan fingerprint density at radius 2 is 1.92 bits per heavy atom. The van der Waals surface area contributed by atoms with Crippen molar-refractivity contribution in [1.82, 2.24) is 0 Å². The second-order valence-electron chi connectivity index (χ2n) is 5.77. The number of allylic oxidation sites excluding steroid dienone is 2. The Morgan fingerprint density at radius 3 is 2.52 bits per heavy atom. The van der Waals surface area contributed by atoms with Gasteiger partial charge in [-0.1, -0.05) is 42.1 Å². The molecule has 4 heteroatoms. The van der Waals surface area contributed by atoms with Crippen molar-refractivity contribution in [1.29, 1.82) is 0 Å². The first kappa shape index (κ1) is 20.8. The van der Waals surface area contributed by atoms with Gasteiger partial charge in [0.15, 0.2) is 5.84 Å². The fourth-order valence-electron chi connectivity index (χ4n) is 2.00. The Bertz CT molecular complexity index is 761. The van der Waals surface area contributed by atoms with Crippen LogP contribution >= 0.6 is 11.8 Å². The van der Waals surface area contributed by atoms with Gasteiger partial charge in [0, 0.05) is 18.8 Å². The average molecular weight is 354 g/mol. The van der Waals surface area contributed by atoms with E-state index in [2.05, 4.69) is 59.9 Å². The lowest BCUT2D eigenvalue weighted by Crippen LogP contribution is -1.98. The van der Waals surface area contributed by atoms with Crippen LogP contribution in [0.1, 0.15) is 44.4 Å². The first-order chi connectivity index (χ1) is 11.9. The molecule has 0 atom stereocenters. The maximum atomic E-state index is 4.50. The predicted octanol–water partition coefficient (Wildman–Crippen LogP) is 6.06. The number of hydrogen-bond acceptors (Lipinski definition) is 3. The molecule has 0 radical (unpaired) electrons. The quantitative estimate of drug-likeness (QED) is 0.360. The molecule has 0 saturated heterocycles. The molecule has 0 fully saturated rings. The fourth-order valence-corrected chi connectivity index (χ4v) is 2.57. The van der Waals surface area contributed by atoms with Crippen LogP contribution < -0.4 is 0 Å². The number of hydrogen-bond donors (Lipinski definition) is 0. The van der Waals surface area contributed by atoms with Gasteiger partial charge in [0.1, 0.15) is 0 Å². The molecule has 1 aromatic carbocycles. The third-order valence-electron chi connectivity index (χ3n) is 3.22. The van der Waals surface area contributed by atoms with Crippen molar-refractivity contribution in [2.45, 2.75) is 34.6 Å². The Hall–Kier alpha value is -2.20. The number of nitrogens with zero attached hydrogens (tertiary/aromatic N) is 3. The summed E-state index contributed by atoms with van der Waals surface area (Å²) in [5.74, 6) is 0.725. The molecular formula is C21H27N3S. The lowest BCUT2D eigenvalue weighted by atomic mass is 10.0. The van der Waals surface area contributed by atoms with E-state index in [1.54, 1.807) is 25.0 Å². The van der Waals surface area contributed by atoms with Gasteiger partial charge in [0.25, 0.3) is 0 Å². The van der Waals surface area contributed by atoms with E-state index < -0.39 is 0 Å². The number of amidine groups is 1. The minimum Gasteiger partial charge on any atom is -0.270 e. The molecule has 0 bridgehead atoms. The molecule has 0 aliphatic rings. The fraction of sp³-hybridized carbons (Fsp3) is 0.286. The van der Waals surface area contributed by atoms with Crippen LogP contribution in [0.4, 0.5) is 0 Å². The van der Waals surface area contributed by atoms with E-state index in [4.69, 9.17) is 0 Å². The maximum absolute atomic E-state index is 4.50. The molecule has 132 valence electrons. The van der Waals surface area contributed by atoms with Gasteiger partial charge < -0.3 is 0 Å². The van der Waals surface area contributed by atoms with Crippen molar-refractivity contribution in [2.75, 3.05) is 7.05 Å². The lowest BCUT2D eigenvalue weighted by Gasteiger charge is -2.05. The molecule has 0 amide bonds. The van der Waals surface area contributed by atoms with Crippen LogP contribution in [-0.4, -0.2) is 24.1 Å². The van der Waals surface area contributed by atoms with Gasteiger partial charge in [-0.05, 0) is 63.3 Å². The number of aryl methyl sites for hydroxylation is 1. The average Bonchev–Trinajstić information content (AvgIpc) is 2.57. The molecule has 0 aliphatic heterocycles. The Labute approximate surface area is 156 Å². The third kappa shape index (κ3) is 7.48. The lowest BCUT2D eigenvalue weighted by molar-refractivity contribution is 1.37. The summed E-state index contributed by atoms with van der Waals surface area (Å²) in [6, 6.07) is 6.20. The molecule has 3 nitrogen and oxygen atoms in total. The summed E-state index contributed by atoms with van der Waals surface area (Å²) < 4.78 is 0. The molecule has 0 N–H and O–H groups in total. The molecule has 0 spiro atoms. The normalized spacial score (nSPS) is 12.9. The van der Waals surface area contributed by atoms with E-state index in [0.717, 1.165) is 27.7 Å². The monoisotopic (exact) mass is 353 g/mol. The van der Waals surface area contributed by atoms with Gasteiger partial charge >= 0.3 is 0 Å². The summed E-state index contributed by atoms with van der Waals surface area (Å²) in [4.78, 5) is 13.0. The molecule has 1 aromatic rings. The zero-order chi connectivity index (χ0) is 18.8. The van der Waals surface area contributed by atoms with Crippen molar-refractivity contribution < 1.29 is 0 Å². The molecule has 0 saturated carbocycles. The van der Waals surface area contributed by atoms with Gasteiger partial charge in [-0.2, -0.15) is 0 Å². The highest BCUT2D eigenvalue weighted by Crippen LogP contribution is 2.16. The smallest absolute Gasteiger partial charge is 0.153 e. The Kier molecular flexibility index (Phi) is 8.86. The van der Waals surface area contributed by atoms with E-state index in [-0.39, 0.29) is 0 Å². The van der Waals surface area contributed by atoms with Gasteiger partial charge in [0.05, 0.1) is 10.7 Å².